The maximum atomic E-state index is 13.7. The zero-order valence-electron chi connectivity index (χ0n) is 37.6. The van der Waals surface area contributed by atoms with Gasteiger partial charge in [-0.15, -0.1) is 6.58 Å². The summed E-state index contributed by atoms with van der Waals surface area (Å²) in [5.41, 5.74) is 6.79. The molecule has 63 heavy (non-hydrogen) atoms. The van der Waals surface area contributed by atoms with Crippen molar-refractivity contribution in [3.8, 4) is 0 Å². The fraction of sp³-hybridized carbons (Fsp3) is 0.333. The summed E-state index contributed by atoms with van der Waals surface area (Å²) in [5, 5.41) is 11.5. The SMILES string of the molecule is C=C(C)C.CC(C)=C/C(=C1\C(=O)N2C1CC(C)(C)[C@@H]2C(=O)[O-])c1ccccn1.CC1(C)CC2/C(=C(/I)c3ccccn3)C(=O)N2[C@H]1C(=O)OC(c1ccccc1)c1ccccc1.[Na+]. The summed E-state index contributed by atoms with van der Waals surface area (Å²) in [6.07, 6.45) is 6.14. The van der Waals surface area contributed by atoms with Crippen LogP contribution in [-0.4, -0.2) is 67.7 Å². The average molecular weight is 969 g/mol. The van der Waals surface area contributed by atoms with Gasteiger partial charge in [-0.25, -0.2) is 4.79 Å². The first-order valence-electron chi connectivity index (χ1n) is 20.8. The summed E-state index contributed by atoms with van der Waals surface area (Å²) in [7, 11) is 0. The van der Waals surface area contributed by atoms with Crippen molar-refractivity contribution < 1.29 is 58.6 Å². The number of aromatic nitrogens is 2. The van der Waals surface area contributed by atoms with E-state index in [1.165, 1.54) is 10.5 Å². The van der Waals surface area contributed by atoms with E-state index in [0.717, 1.165) is 42.8 Å². The summed E-state index contributed by atoms with van der Waals surface area (Å²) in [6, 6.07) is 28.9. The minimum Gasteiger partial charge on any atom is -0.548 e. The van der Waals surface area contributed by atoms with Crippen molar-refractivity contribution in [1.82, 2.24) is 19.8 Å². The van der Waals surface area contributed by atoms with Crippen LogP contribution in [0.5, 0.6) is 0 Å². The van der Waals surface area contributed by atoms with Crippen LogP contribution in [0, 0.1) is 10.8 Å². The van der Waals surface area contributed by atoms with E-state index in [2.05, 4.69) is 39.1 Å². The molecule has 322 valence electrons. The summed E-state index contributed by atoms with van der Waals surface area (Å²) in [4.78, 5) is 63.2. The Hall–Kier alpha value is -4.69. The number of pyridine rings is 2. The van der Waals surface area contributed by atoms with Crippen LogP contribution < -0.4 is 34.7 Å². The third-order valence-electron chi connectivity index (χ3n) is 11.4. The number of carbonyl (C=O) groups is 4. The van der Waals surface area contributed by atoms with Crippen molar-refractivity contribution in [2.24, 2.45) is 10.8 Å². The van der Waals surface area contributed by atoms with Crippen molar-refractivity contribution >= 4 is 55.5 Å². The van der Waals surface area contributed by atoms with Gasteiger partial charge in [0.05, 0.1) is 41.1 Å². The van der Waals surface area contributed by atoms with Gasteiger partial charge >= 0.3 is 35.5 Å². The van der Waals surface area contributed by atoms with Gasteiger partial charge in [0, 0.05) is 27.1 Å². The van der Waals surface area contributed by atoms with E-state index in [4.69, 9.17) is 4.74 Å². The van der Waals surface area contributed by atoms with Crippen LogP contribution in [0.1, 0.15) is 96.9 Å². The maximum absolute atomic E-state index is 13.7. The molecule has 2 aromatic carbocycles. The number of hydrogen-bond donors (Lipinski definition) is 0. The Balaban J connectivity index is 0.000000226. The van der Waals surface area contributed by atoms with Gasteiger partial charge in [-0.05, 0) is 109 Å². The second kappa shape index (κ2) is 20.4. The molecular formula is C51H54IN4NaO6. The number of carboxylic acid groups (broad SMARTS) is 1. The summed E-state index contributed by atoms with van der Waals surface area (Å²) < 4.78 is 7.01. The Morgan fingerprint density at radius 3 is 1.62 bits per heavy atom. The number of allylic oxidation sites excluding steroid dienone is 4. The van der Waals surface area contributed by atoms with E-state index in [0.29, 0.717) is 18.4 Å². The molecule has 0 bridgehead atoms. The van der Waals surface area contributed by atoms with Gasteiger partial charge in [0.15, 0.2) is 6.10 Å². The largest absolute Gasteiger partial charge is 1.00 e. The van der Waals surface area contributed by atoms with E-state index in [-0.39, 0.29) is 59.4 Å². The number of rotatable bonds is 8. The van der Waals surface area contributed by atoms with Crippen LogP contribution in [0.2, 0.25) is 0 Å². The Labute approximate surface area is 407 Å². The van der Waals surface area contributed by atoms with Crippen LogP contribution >= 0.6 is 22.6 Å². The second-order valence-corrected chi connectivity index (χ2v) is 19.1. The molecule has 2 aromatic heterocycles. The average Bonchev–Trinajstić information content (AvgIpc) is 3.64. The molecule has 4 aliphatic rings. The van der Waals surface area contributed by atoms with Gasteiger partial charge < -0.3 is 24.4 Å². The predicted molar refractivity (Wildman–Crippen MR) is 248 cm³/mol. The molecule has 8 rings (SSSR count). The minimum absolute atomic E-state index is 0. The number of ether oxygens (including phenoxy) is 1. The number of benzene rings is 2. The normalized spacial score (nSPS) is 22.5. The summed E-state index contributed by atoms with van der Waals surface area (Å²) >= 11 is 2.20. The molecule has 4 aromatic rings. The number of fused-ring (bicyclic) bond motifs is 2. The third kappa shape index (κ3) is 10.5. The molecule has 0 radical (unpaired) electrons. The monoisotopic (exact) mass is 968 g/mol. The number of carbonyl (C=O) groups excluding carboxylic acids is 4. The quantitative estimate of drug-likeness (QED) is 0.0548. The number of amides is 2. The number of esters is 1. The van der Waals surface area contributed by atoms with Crippen molar-refractivity contribution in [2.75, 3.05) is 0 Å². The molecule has 0 saturated carbocycles. The number of aliphatic carboxylic acids is 1. The van der Waals surface area contributed by atoms with Gasteiger partial charge in [-0.2, -0.15) is 0 Å². The van der Waals surface area contributed by atoms with Crippen molar-refractivity contribution in [2.45, 2.75) is 98.5 Å². The molecule has 2 amide bonds. The molecule has 4 saturated heterocycles. The maximum Gasteiger partial charge on any atom is 1.00 e. The minimum atomic E-state index is -1.18. The van der Waals surface area contributed by atoms with Crippen molar-refractivity contribution in [3.63, 3.8) is 0 Å². The zero-order chi connectivity index (χ0) is 45.1. The van der Waals surface area contributed by atoms with Crippen LogP contribution in [-0.2, 0) is 23.9 Å². The Bertz CT molecular complexity index is 2390. The second-order valence-electron chi connectivity index (χ2n) is 18.0. The van der Waals surface area contributed by atoms with Crippen molar-refractivity contribution in [3.05, 3.63) is 167 Å². The predicted octanol–water partition coefficient (Wildman–Crippen LogP) is 5.72. The fourth-order valence-electron chi connectivity index (χ4n) is 8.86. The third-order valence-corrected chi connectivity index (χ3v) is 12.6. The van der Waals surface area contributed by atoms with Crippen LogP contribution in [0.4, 0.5) is 0 Å². The van der Waals surface area contributed by atoms with Gasteiger partial charge in [-0.3, -0.25) is 19.6 Å². The van der Waals surface area contributed by atoms with E-state index >= 15 is 0 Å². The summed E-state index contributed by atoms with van der Waals surface area (Å²) in [6.45, 7) is 19.3. The van der Waals surface area contributed by atoms with Crippen LogP contribution in [0.15, 0.2) is 144 Å². The van der Waals surface area contributed by atoms with Gasteiger partial charge in [-0.1, -0.05) is 118 Å². The first-order chi connectivity index (χ1) is 29.4. The van der Waals surface area contributed by atoms with E-state index in [1.54, 1.807) is 17.3 Å². The Morgan fingerprint density at radius 1 is 0.730 bits per heavy atom. The van der Waals surface area contributed by atoms with Gasteiger partial charge in [0.2, 0.25) is 0 Å². The molecule has 0 spiro atoms. The standard InChI is InChI=1S/C28H25IN2O3.C19H22N2O3.C4H8.Na/c1-28(2)17-21-22(23(29)20-15-9-10-16-30-20)26(32)31(21)25(28)27(33)34-24(18-11-5-3-6-12-18)19-13-7-4-8-14-19;1-11(2)9-12(13-7-5-6-8-20-13)15-14-10-19(3,4)16(18(23)24)21(14)17(15)22;1-4(2)3;/h3-16,21,24-25H,17H2,1-2H3;5-9,14,16H,10H2,1-4H3,(H,23,24);1H2,2-3H3;/q;;;+1/p-1/b23-22-;15-12+;;/t21?,25-;14?,16-;;/m00../s1. The molecule has 0 aliphatic carbocycles. The van der Waals surface area contributed by atoms with Crippen LogP contribution in [0.25, 0.3) is 9.15 Å². The molecule has 6 heterocycles. The molecule has 4 atom stereocenters. The fourth-order valence-corrected chi connectivity index (χ4v) is 9.77. The molecule has 2 unspecified atom stereocenters. The van der Waals surface area contributed by atoms with Gasteiger partial charge in [0.25, 0.3) is 11.8 Å². The zero-order valence-corrected chi connectivity index (χ0v) is 41.8. The molecule has 0 N–H and O–H groups in total. The van der Waals surface area contributed by atoms with Crippen LogP contribution in [0.3, 0.4) is 0 Å². The Kier molecular flexibility index (Phi) is 16.0. The van der Waals surface area contributed by atoms with E-state index in [9.17, 15) is 24.3 Å². The topological polar surface area (TPSA) is 133 Å². The number of halogens is 1. The first-order valence-corrected chi connectivity index (χ1v) is 21.8. The number of carboxylic acids is 1. The van der Waals surface area contributed by atoms with E-state index < -0.39 is 35.0 Å². The molecule has 12 heteroatoms. The first kappa shape index (κ1) is 49.3. The molecular weight excluding hydrogens is 914 g/mol. The number of β-lactam (4-membered cyclic amide) rings is 2. The summed E-state index contributed by atoms with van der Waals surface area (Å²) in [5.74, 6) is -1.89. The van der Waals surface area contributed by atoms with E-state index in [1.807, 2.05) is 159 Å². The number of hydrogen-bond acceptors (Lipinski definition) is 8. The van der Waals surface area contributed by atoms with Crippen molar-refractivity contribution in [1.29, 1.82) is 0 Å². The molecule has 10 nitrogen and oxygen atoms in total. The van der Waals surface area contributed by atoms with Gasteiger partial charge in [0.1, 0.15) is 6.04 Å². The molecule has 4 aliphatic heterocycles. The Morgan fingerprint density at radius 2 is 1.16 bits per heavy atom. The smallest absolute Gasteiger partial charge is 0.548 e. The number of nitrogens with zero attached hydrogens (tertiary/aromatic N) is 4. The molecule has 4 fully saturated rings.